The number of carbonyl (C=O) groups excluding carboxylic acids is 1. The number of hydrogen-bond donors (Lipinski definition) is 0. The van der Waals surface area contributed by atoms with Crippen LogP contribution in [0.1, 0.15) is 43.7 Å². The first kappa shape index (κ1) is 15.5. The SMILES string of the molecule is Cc1noc(C)c1CN1CC2(CCCN(CC(C)C)C2)C1=O. The van der Waals surface area contributed by atoms with Gasteiger partial charge in [0.25, 0.3) is 0 Å². The van der Waals surface area contributed by atoms with Crippen LogP contribution in [0.25, 0.3) is 0 Å². The van der Waals surface area contributed by atoms with E-state index in [1.807, 2.05) is 18.7 Å². The Balaban J connectivity index is 1.64. The smallest absolute Gasteiger partial charge is 0.232 e. The topological polar surface area (TPSA) is 49.6 Å². The number of aryl methyl sites for hydroxylation is 2. The summed E-state index contributed by atoms with van der Waals surface area (Å²) in [5.41, 5.74) is 1.85. The fourth-order valence-corrected chi connectivity index (χ4v) is 4.00. The van der Waals surface area contributed by atoms with Crippen molar-refractivity contribution >= 4 is 5.91 Å². The Labute approximate surface area is 132 Å². The van der Waals surface area contributed by atoms with Crippen LogP contribution in [0.15, 0.2) is 4.52 Å². The zero-order chi connectivity index (χ0) is 15.9. The molecule has 0 radical (unpaired) electrons. The van der Waals surface area contributed by atoms with Gasteiger partial charge in [0.15, 0.2) is 0 Å². The lowest BCUT2D eigenvalue weighted by atomic mass is 9.72. The minimum atomic E-state index is -0.119. The molecule has 3 rings (SSSR count). The third-order valence-electron chi connectivity index (χ3n) is 5.04. The van der Waals surface area contributed by atoms with Gasteiger partial charge in [0, 0.05) is 25.2 Å². The molecule has 0 bridgehead atoms. The molecule has 122 valence electrons. The summed E-state index contributed by atoms with van der Waals surface area (Å²) in [6.45, 7) is 13.0. The van der Waals surface area contributed by atoms with E-state index in [1.165, 1.54) is 0 Å². The van der Waals surface area contributed by atoms with Gasteiger partial charge >= 0.3 is 0 Å². The van der Waals surface area contributed by atoms with Gasteiger partial charge in [0.1, 0.15) is 5.76 Å². The highest BCUT2D eigenvalue weighted by Crippen LogP contribution is 2.41. The molecule has 5 heteroatoms. The van der Waals surface area contributed by atoms with Gasteiger partial charge in [0.2, 0.25) is 5.91 Å². The predicted octanol–water partition coefficient (Wildman–Crippen LogP) is 2.37. The summed E-state index contributed by atoms with van der Waals surface area (Å²) in [7, 11) is 0. The second-order valence-electron chi connectivity index (χ2n) is 7.48. The van der Waals surface area contributed by atoms with E-state index in [9.17, 15) is 4.79 Å². The van der Waals surface area contributed by atoms with Gasteiger partial charge < -0.3 is 14.3 Å². The molecule has 1 aromatic heterocycles. The molecule has 2 saturated heterocycles. The Hall–Kier alpha value is -1.36. The lowest BCUT2D eigenvalue weighted by Crippen LogP contribution is -2.66. The maximum Gasteiger partial charge on any atom is 0.232 e. The molecule has 5 nitrogen and oxygen atoms in total. The molecule has 22 heavy (non-hydrogen) atoms. The average Bonchev–Trinajstić information content (AvgIpc) is 2.78. The Morgan fingerprint density at radius 1 is 1.32 bits per heavy atom. The summed E-state index contributed by atoms with van der Waals surface area (Å²) in [6.07, 6.45) is 2.18. The van der Waals surface area contributed by atoms with Gasteiger partial charge in [-0.25, -0.2) is 0 Å². The lowest BCUT2D eigenvalue weighted by Gasteiger charge is -2.53. The van der Waals surface area contributed by atoms with Crippen LogP contribution in [0.3, 0.4) is 0 Å². The van der Waals surface area contributed by atoms with E-state index in [0.717, 1.165) is 56.0 Å². The summed E-state index contributed by atoms with van der Waals surface area (Å²) in [5.74, 6) is 1.81. The lowest BCUT2D eigenvalue weighted by molar-refractivity contribution is -0.167. The summed E-state index contributed by atoms with van der Waals surface area (Å²) >= 11 is 0. The molecule has 0 aromatic carbocycles. The highest BCUT2D eigenvalue weighted by molar-refractivity contribution is 5.89. The van der Waals surface area contributed by atoms with Crippen molar-refractivity contribution in [3.8, 4) is 0 Å². The number of piperidine rings is 1. The zero-order valence-corrected chi connectivity index (χ0v) is 14.2. The van der Waals surface area contributed by atoms with Crippen molar-refractivity contribution in [3.63, 3.8) is 0 Å². The van der Waals surface area contributed by atoms with E-state index in [4.69, 9.17) is 4.52 Å². The molecule has 1 spiro atoms. The van der Waals surface area contributed by atoms with Crippen LogP contribution < -0.4 is 0 Å². The molecule has 1 atom stereocenters. The van der Waals surface area contributed by atoms with E-state index < -0.39 is 0 Å². The maximum atomic E-state index is 12.8. The van der Waals surface area contributed by atoms with E-state index in [0.29, 0.717) is 18.4 Å². The highest BCUT2D eigenvalue weighted by Gasteiger charge is 2.53. The van der Waals surface area contributed by atoms with Crippen molar-refractivity contribution in [2.24, 2.45) is 11.3 Å². The number of aromatic nitrogens is 1. The second-order valence-corrected chi connectivity index (χ2v) is 7.48. The average molecular weight is 305 g/mol. The molecule has 1 amide bonds. The minimum Gasteiger partial charge on any atom is -0.361 e. The summed E-state index contributed by atoms with van der Waals surface area (Å²) in [6, 6.07) is 0. The predicted molar refractivity (Wildman–Crippen MR) is 84.3 cm³/mol. The third-order valence-corrected chi connectivity index (χ3v) is 5.04. The fraction of sp³-hybridized carbons (Fsp3) is 0.765. The van der Waals surface area contributed by atoms with Crippen LogP contribution in [-0.2, 0) is 11.3 Å². The van der Waals surface area contributed by atoms with Crippen molar-refractivity contribution in [3.05, 3.63) is 17.0 Å². The Bertz CT molecular complexity index is 547. The molecular formula is C17H27N3O2. The quantitative estimate of drug-likeness (QED) is 0.801. The number of carbonyl (C=O) groups is 1. The van der Waals surface area contributed by atoms with Crippen molar-refractivity contribution < 1.29 is 9.32 Å². The molecule has 0 saturated carbocycles. The summed E-state index contributed by atoms with van der Waals surface area (Å²) in [5, 5.41) is 3.98. The summed E-state index contributed by atoms with van der Waals surface area (Å²) in [4.78, 5) is 17.2. The fourth-order valence-electron chi connectivity index (χ4n) is 4.00. The zero-order valence-electron chi connectivity index (χ0n) is 14.2. The van der Waals surface area contributed by atoms with Gasteiger partial charge in [0.05, 0.1) is 17.7 Å². The number of likely N-dealkylation sites (tertiary alicyclic amines) is 2. The van der Waals surface area contributed by atoms with Crippen molar-refractivity contribution in [1.29, 1.82) is 0 Å². The minimum absolute atomic E-state index is 0.119. The molecular weight excluding hydrogens is 278 g/mol. The van der Waals surface area contributed by atoms with Gasteiger partial charge in [-0.15, -0.1) is 0 Å². The van der Waals surface area contributed by atoms with Crippen LogP contribution >= 0.6 is 0 Å². The van der Waals surface area contributed by atoms with Crippen molar-refractivity contribution in [1.82, 2.24) is 15.0 Å². The number of hydrogen-bond acceptors (Lipinski definition) is 4. The van der Waals surface area contributed by atoms with Gasteiger partial charge in [-0.1, -0.05) is 19.0 Å². The largest absolute Gasteiger partial charge is 0.361 e. The van der Waals surface area contributed by atoms with Gasteiger partial charge in [-0.05, 0) is 39.2 Å². The van der Waals surface area contributed by atoms with E-state index in [1.54, 1.807) is 0 Å². The molecule has 2 aliphatic rings. The number of rotatable bonds is 4. The normalized spacial score (nSPS) is 26.0. The van der Waals surface area contributed by atoms with E-state index in [-0.39, 0.29) is 5.41 Å². The van der Waals surface area contributed by atoms with Gasteiger partial charge in [-0.2, -0.15) is 0 Å². The maximum absolute atomic E-state index is 12.8. The number of nitrogens with zero attached hydrogens (tertiary/aromatic N) is 3. The highest BCUT2D eigenvalue weighted by atomic mass is 16.5. The Kier molecular flexibility index (Phi) is 4.02. The van der Waals surface area contributed by atoms with Crippen LogP contribution in [0.5, 0.6) is 0 Å². The third kappa shape index (κ3) is 2.67. The second kappa shape index (κ2) is 5.69. The summed E-state index contributed by atoms with van der Waals surface area (Å²) < 4.78 is 5.20. The first-order valence-electron chi connectivity index (χ1n) is 8.35. The molecule has 2 aliphatic heterocycles. The monoisotopic (exact) mass is 305 g/mol. The molecule has 1 aromatic rings. The van der Waals surface area contributed by atoms with Crippen LogP contribution in [-0.4, -0.2) is 47.0 Å². The first-order valence-corrected chi connectivity index (χ1v) is 8.35. The Morgan fingerprint density at radius 3 is 2.68 bits per heavy atom. The molecule has 2 fully saturated rings. The van der Waals surface area contributed by atoms with Crippen molar-refractivity contribution in [2.45, 2.75) is 47.1 Å². The van der Waals surface area contributed by atoms with Crippen LogP contribution in [0, 0.1) is 25.2 Å². The van der Waals surface area contributed by atoms with E-state index >= 15 is 0 Å². The van der Waals surface area contributed by atoms with Crippen LogP contribution in [0.2, 0.25) is 0 Å². The first-order chi connectivity index (χ1) is 10.4. The van der Waals surface area contributed by atoms with E-state index in [2.05, 4.69) is 23.9 Å². The van der Waals surface area contributed by atoms with Crippen molar-refractivity contribution in [2.75, 3.05) is 26.2 Å². The van der Waals surface area contributed by atoms with Gasteiger partial charge in [-0.3, -0.25) is 4.79 Å². The molecule has 3 heterocycles. The standard InChI is InChI=1S/C17H27N3O2/c1-12(2)8-19-7-5-6-17(10-19)11-20(16(17)21)9-15-13(3)18-22-14(15)4/h12H,5-11H2,1-4H3. The molecule has 0 aliphatic carbocycles. The van der Waals surface area contributed by atoms with Crippen LogP contribution in [0.4, 0.5) is 0 Å². The number of amides is 1. The molecule has 1 unspecified atom stereocenters. The Morgan fingerprint density at radius 2 is 2.09 bits per heavy atom. The number of β-lactam (4-membered cyclic amide) rings is 1. The molecule has 0 N–H and O–H groups in total.